The highest BCUT2D eigenvalue weighted by atomic mass is 32.1. The van der Waals surface area contributed by atoms with Gasteiger partial charge >= 0.3 is 0 Å². The molecule has 0 bridgehead atoms. The highest BCUT2D eigenvalue weighted by Crippen LogP contribution is 2.29. The van der Waals surface area contributed by atoms with Gasteiger partial charge in [0.05, 0.1) is 23.1 Å². The Morgan fingerprint density at radius 1 is 1.29 bits per heavy atom. The molecule has 146 valence electrons. The highest BCUT2D eigenvalue weighted by Gasteiger charge is 2.29. The molecule has 0 radical (unpaired) electrons. The Bertz CT molecular complexity index is 1040. The first-order valence-corrected chi connectivity index (χ1v) is 10.1. The van der Waals surface area contributed by atoms with Crippen LogP contribution in [0.15, 0.2) is 24.0 Å². The molecule has 3 aromatic rings. The number of carbonyl (C=O) groups excluding carboxylic acids is 2. The van der Waals surface area contributed by atoms with Crippen LogP contribution in [-0.2, 0) is 0 Å². The van der Waals surface area contributed by atoms with E-state index in [2.05, 4.69) is 15.1 Å². The number of thiazole rings is 1. The van der Waals surface area contributed by atoms with Gasteiger partial charge < -0.3 is 9.80 Å². The zero-order valence-electron chi connectivity index (χ0n) is 16.1. The molecule has 1 atom stereocenters. The van der Waals surface area contributed by atoms with Crippen molar-refractivity contribution in [3.63, 3.8) is 0 Å². The van der Waals surface area contributed by atoms with Crippen molar-refractivity contribution in [1.29, 1.82) is 0 Å². The maximum atomic E-state index is 12.9. The third kappa shape index (κ3) is 3.15. The van der Waals surface area contributed by atoms with E-state index >= 15 is 0 Å². The number of aryl methyl sites for hydroxylation is 1. The Balaban J connectivity index is 1.64. The number of hydrogen-bond donors (Lipinski definition) is 0. The molecule has 8 nitrogen and oxygen atoms in total. The first-order valence-electron chi connectivity index (χ1n) is 9.21. The van der Waals surface area contributed by atoms with Crippen LogP contribution in [0.1, 0.15) is 50.2 Å². The Labute approximate surface area is 166 Å². The zero-order valence-corrected chi connectivity index (χ0v) is 16.9. The fourth-order valence-electron chi connectivity index (χ4n) is 3.66. The third-order valence-electron chi connectivity index (χ3n) is 5.13. The van der Waals surface area contributed by atoms with Crippen molar-refractivity contribution < 1.29 is 9.59 Å². The van der Waals surface area contributed by atoms with Crippen molar-refractivity contribution in [1.82, 2.24) is 29.4 Å². The summed E-state index contributed by atoms with van der Waals surface area (Å²) in [5, 5.41) is 4.43. The lowest BCUT2D eigenvalue weighted by Crippen LogP contribution is -2.39. The molecule has 2 amide bonds. The van der Waals surface area contributed by atoms with E-state index in [0.717, 1.165) is 30.8 Å². The van der Waals surface area contributed by atoms with Crippen molar-refractivity contribution in [2.45, 2.75) is 25.7 Å². The minimum atomic E-state index is -0.124. The largest absolute Gasteiger partial charge is 0.345 e. The lowest BCUT2D eigenvalue weighted by atomic mass is 9.94. The molecular formula is C19H22N6O2S. The van der Waals surface area contributed by atoms with E-state index in [1.807, 2.05) is 17.9 Å². The summed E-state index contributed by atoms with van der Waals surface area (Å²) in [6.07, 6.45) is 5.16. The van der Waals surface area contributed by atoms with E-state index < -0.39 is 0 Å². The SMILES string of the molecule is Cc1ncsc1C(=O)N1CCC[C@@H](c2ccnc3c(C(=O)N(C)C)cnn23)C1. The predicted octanol–water partition coefficient (Wildman–Crippen LogP) is 2.22. The summed E-state index contributed by atoms with van der Waals surface area (Å²) in [5.74, 6) is 0.0540. The number of fused-ring (bicyclic) bond motifs is 1. The Kier molecular flexibility index (Phi) is 4.84. The van der Waals surface area contributed by atoms with E-state index in [-0.39, 0.29) is 17.7 Å². The summed E-state index contributed by atoms with van der Waals surface area (Å²) in [6.45, 7) is 3.22. The van der Waals surface area contributed by atoms with Crippen LogP contribution in [0.25, 0.3) is 5.65 Å². The quantitative estimate of drug-likeness (QED) is 0.675. The van der Waals surface area contributed by atoms with Crippen LogP contribution in [0.5, 0.6) is 0 Å². The molecule has 0 aromatic carbocycles. The topological polar surface area (TPSA) is 83.7 Å². The van der Waals surface area contributed by atoms with Gasteiger partial charge in [-0.05, 0) is 25.8 Å². The van der Waals surface area contributed by atoms with Gasteiger partial charge in [-0.3, -0.25) is 9.59 Å². The second-order valence-electron chi connectivity index (χ2n) is 7.22. The molecule has 1 aliphatic heterocycles. The monoisotopic (exact) mass is 398 g/mol. The van der Waals surface area contributed by atoms with E-state index in [1.54, 1.807) is 36.5 Å². The summed E-state index contributed by atoms with van der Waals surface area (Å²) in [5.41, 5.74) is 4.50. The Morgan fingerprint density at radius 3 is 2.82 bits per heavy atom. The lowest BCUT2D eigenvalue weighted by molar-refractivity contribution is 0.0709. The fourth-order valence-corrected chi connectivity index (χ4v) is 4.43. The van der Waals surface area contributed by atoms with Crippen LogP contribution in [-0.4, -0.2) is 68.4 Å². The van der Waals surface area contributed by atoms with Crippen LogP contribution in [0.2, 0.25) is 0 Å². The first kappa shape index (κ1) is 18.5. The minimum Gasteiger partial charge on any atom is -0.345 e. The van der Waals surface area contributed by atoms with Crippen LogP contribution in [0, 0.1) is 6.92 Å². The second kappa shape index (κ2) is 7.31. The number of carbonyl (C=O) groups is 2. The number of hydrogen-bond acceptors (Lipinski definition) is 6. The van der Waals surface area contributed by atoms with Crippen molar-refractivity contribution in [2.75, 3.05) is 27.2 Å². The molecule has 4 heterocycles. The normalized spacial score (nSPS) is 17.1. The van der Waals surface area contributed by atoms with Gasteiger partial charge in [0, 0.05) is 39.3 Å². The predicted molar refractivity (Wildman–Crippen MR) is 106 cm³/mol. The molecule has 0 N–H and O–H groups in total. The molecule has 28 heavy (non-hydrogen) atoms. The summed E-state index contributed by atoms with van der Waals surface area (Å²) >= 11 is 1.39. The molecule has 1 aliphatic rings. The van der Waals surface area contributed by atoms with Crippen LogP contribution >= 0.6 is 11.3 Å². The van der Waals surface area contributed by atoms with E-state index in [0.29, 0.717) is 22.6 Å². The van der Waals surface area contributed by atoms with Gasteiger partial charge in [-0.1, -0.05) is 0 Å². The van der Waals surface area contributed by atoms with Crippen molar-refractivity contribution >= 4 is 28.8 Å². The summed E-state index contributed by atoms with van der Waals surface area (Å²) in [7, 11) is 3.42. The van der Waals surface area contributed by atoms with Gasteiger partial charge in [-0.2, -0.15) is 5.10 Å². The van der Waals surface area contributed by atoms with Gasteiger partial charge in [-0.15, -0.1) is 11.3 Å². The summed E-state index contributed by atoms with van der Waals surface area (Å²) < 4.78 is 1.74. The molecule has 0 spiro atoms. The molecule has 1 saturated heterocycles. The number of nitrogens with zero attached hydrogens (tertiary/aromatic N) is 6. The fraction of sp³-hybridized carbons (Fsp3) is 0.421. The smallest absolute Gasteiger partial charge is 0.265 e. The lowest BCUT2D eigenvalue weighted by Gasteiger charge is -2.32. The maximum Gasteiger partial charge on any atom is 0.265 e. The Morgan fingerprint density at radius 2 is 2.11 bits per heavy atom. The van der Waals surface area contributed by atoms with Crippen LogP contribution in [0.3, 0.4) is 0 Å². The van der Waals surface area contributed by atoms with Gasteiger partial charge in [0.25, 0.3) is 11.8 Å². The highest BCUT2D eigenvalue weighted by molar-refractivity contribution is 7.11. The molecule has 0 saturated carbocycles. The number of rotatable bonds is 3. The number of amides is 2. The van der Waals surface area contributed by atoms with Crippen LogP contribution in [0.4, 0.5) is 0 Å². The van der Waals surface area contributed by atoms with Gasteiger partial charge in [0.2, 0.25) is 0 Å². The molecule has 0 aliphatic carbocycles. The standard InChI is InChI=1S/C19H22N6O2S/c1-12-16(28-11-21-12)19(27)24-8-4-5-13(10-24)15-6-7-20-17-14(9-22-25(15)17)18(26)23(2)3/h6-7,9,11,13H,4-5,8,10H2,1-3H3/t13-/m1/s1. The minimum absolute atomic E-state index is 0.0407. The average Bonchev–Trinajstić information content (AvgIpc) is 3.32. The van der Waals surface area contributed by atoms with Crippen molar-refractivity contribution in [3.8, 4) is 0 Å². The second-order valence-corrected chi connectivity index (χ2v) is 8.07. The number of aromatic nitrogens is 4. The average molecular weight is 398 g/mol. The van der Waals surface area contributed by atoms with Crippen molar-refractivity contribution in [2.24, 2.45) is 0 Å². The number of likely N-dealkylation sites (tertiary alicyclic amines) is 1. The van der Waals surface area contributed by atoms with E-state index in [4.69, 9.17) is 0 Å². The Hall–Kier alpha value is -2.81. The zero-order chi connectivity index (χ0) is 19.8. The third-order valence-corrected chi connectivity index (χ3v) is 6.05. The van der Waals surface area contributed by atoms with Gasteiger partial charge in [0.15, 0.2) is 5.65 Å². The molecule has 4 rings (SSSR count). The molecular weight excluding hydrogens is 376 g/mol. The summed E-state index contributed by atoms with van der Waals surface area (Å²) in [4.78, 5) is 38.0. The molecule has 9 heteroatoms. The number of piperidine rings is 1. The molecule has 3 aromatic heterocycles. The summed E-state index contributed by atoms with van der Waals surface area (Å²) in [6, 6.07) is 1.93. The van der Waals surface area contributed by atoms with Gasteiger partial charge in [-0.25, -0.2) is 14.5 Å². The van der Waals surface area contributed by atoms with Crippen molar-refractivity contribution in [3.05, 3.63) is 45.8 Å². The van der Waals surface area contributed by atoms with E-state index in [1.165, 1.54) is 16.2 Å². The van der Waals surface area contributed by atoms with Gasteiger partial charge in [0.1, 0.15) is 10.4 Å². The molecule has 1 fully saturated rings. The molecule has 0 unspecified atom stereocenters. The maximum absolute atomic E-state index is 12.9. The van der Waals surface area contributed by atoms with E-state index in [9.17, 15) is 9.59 Å². The first-order chi connectivity index (χ1) is 13.5. The van der Waals surface area contributed by atoms with Crippen LogP contribution < -0.4 is 0 Å².